The number of aryl methyl sites for hydroxylation is 1. The van der Waals surface area contributed by atoms with E-state index in [-0.39, 0.29) is 17.4 Å². The number of aromatic amines is 1. The van der Waals surface area contributed by atoms with Gasteiger partial charge in [0.15, 0.2) is 5.69 Å². The molecule has 16 heavy (non-hydrogen) atoms. The number of carbonyl (C=O) groups excluding carboxylic acids is 1. The number of aromatic nitrogens is 3. The number of nitrogens with zero attached hydrogens (tertiary/aromatic N) is 2. The first-order chi connectivity index (χ1) is 7.66. The predicted molar refractivity (Wildman–Crippen MR) is 55.5 cm³/mol. The van der Waals surface area contributed by atoms with Gasteiger partial charge in [-0.15, -0.1) is 0 Å². The molecule has 0 fully saturated rings. The lowest BCUT2D eigenvalue weighted by Crippen LogP contribution is -2.13. The SMILES string of the molecule is Cc1n[nH]nc1C(=O)Nc1ccc(F)cc1. The maximum atomic E-state index is 12.6. The molecule has 82 valence electrons. The highest BCUT2D eigenvalue weighted by atomic mass is 19.1. The number of hydrogen-bond acceptors (Lipinski definition) is 3. The second-order valence-electron chi connectivity index (χ2n) is 3.22. The Morgan fingerprint density at radius 1 is 1.31 bits per heavy atom. The summed E-state index contributed by atoms with van der Waals surface area (Å²) in [6, 6.07) is 5.49. The van der Waals surface area contributed by atoms with Crippen molar-refractivity contribution in [3.8, 4) is 0 Å². The molecule has 0 unspecified atom stereocenters. The Morgan fingerprint density at radius 2 is 2.00 bits per heavy atom. The van der Waals surface area contributed by atoms with Crippen LogP contribution in [0, 0.1) is 12.7 Å². The molecule has 2 aromatic rings. The molecule has 0 bridgehead atoms. The number of carbonyl (C=O) groups is 1. The van der Waals surface area contributed by atoms with E-state index in [0.29, 0.717) is 11.4 Å². The summed E-state index contributed by atoms with van der Waals surface area (Å²) in [7, 11) is 0. The third-order valence-electron chi connectivity index (χ3n) is 2.04. The highest BCUT2D eigenvalue weighted by molar-refractivity contribution is 6.03. The van der Waals surface area contributed by atoms with Crippen molar-refractivity contribution in [2.24, 2.45) is 0 Å². The molecule has 1 amide bonds. The van der Waals surface area contributed by atoms with Gasteiger partial charge in [0, 0.05) is 5.69 Å². The van der Waals surface area contributed by atoms with Gasteiger partial charge in [0.05, 0.1) is 5.69 Å². The van der Waals surface area contributed by atoms with Gasteiger partial charge in [-0.1, -0.05) is 0 Å². The van der Waals surface area contributed by atoms with E-state index in [9.17, 15) is 9.18 Å². The molecule has 2 N–H and O–H groups in total. The average Bonchev–Trinajstić information content (AvgIpc) is 2.68. The predicted octanol–water partition coefficient (Wildman–Crippen LogP) is 1.50. The maximum Gasteiger partial charge on any atom is 0.278 e. The molecule has 0 spiro atoms. The fraction of sp³-hybridized carbons (Fsp3) is 0.100. The van der Waals surface area contributed by atoms with E-state index in [0.717, 1.165) is 0 Å². The Kier molecular flexibility index (Phi) is 2.63. The molecule has 0 saturated heterocycles. The number of halogens is 1. The molecule has 0 aliphatic rings. The second kappa shape index (κ2) is 4.09. The quantitative estimate of drug-likeness (QED) is 0.805. The number of benzene rings is 1. The van der Waals surface area contributed by atoms with Gasteiger partial charge < -0.3 is 5.32 Å². The number of nitrogens with one attached hydrogen (secondary N) is 2. The zero-order chi connectivity index (χ0) is 11.5. The molecular formula is C10H9FN4O. The van der Waals surface area contributed by atoms with E-state index >= 15 is 0 Å². The van der Waals surface area contributed by atoms with Crippen molar-refractivity contribution >= 4 is 11.6 Å². The van der Waals surface area contributed by atoms with Gasteiger partial charge in [-0.25, -0.2) is 4.39 Å². The lowest BCUT2D eigenvalue weighted by molar-refractivity contribution is 0.102. The van der Waals surface area contributed by atoms with E-state index in [2.05, 4.69) is 20.7 Å². The molecule has 1 aromatic heterocycles. The van der Waals surface area contributed by atoms with Crippen LogP contribution in [0.5, 0.6) is 0 Å². The minimum atomic E-state index is -0.377. The van der Waals surface area contributed by atoms with E-state index in [1.165, 1.54) is 24.3 Å². The Hall–Kier alpha value is -2.24. The summed E-state index contributed by atoms with van der Waals surface area (Å²) in [6.07, 6.45) is 0. The fourth-order valence-electron chi connectivity index (χ4n) is 1.22. The zero-order valence-corrected chi connectivity index (χ0v) is 8.49. The highest BCUT2D eigenvalue weighted by Gasteiger charge is 2.12. The number of anilines is 1. The largest absolute Gasteiger partial charge is 0.321 e. The molecule has 2 rings (SSSR count). The van der Waals surface area contributed by atoms with Crippen LogP contribution >= 0.6 is 0 Å². The topological polar surface area (TPSA) is 70.7 Å². The minimum absolute atomic E-state index is 0.226. The second-order valence-corrected chi connectivity index (χ2v) is 3.22. The Bertz CT molecular complexity index is 506. The van der Waals surface area contributed by atoms with Crippen LogP contribution in [0.4, 0.5) is 10.1 Å². The summed E-state index contributed by atoms with van der Waals surface area (Å²) < 4.78 is 12.6. The fourth-order valence-corrected chi connectivity index (χ4v) is 1.22. The number of amides is 1. The first kappa shape index (κ1) is 10.3. The number of hydrogen-bond donors (Lipinski definition) is 2. The van der Waals surface area contributed by atoms with Gasteiger partial charge >= 0.3 is 0 Å². The van der Waals surface area contributed by atoms with Crippen LogP contribution in [0.15, 0.2) is 24.3 Å². The first-order valence-corrected chi connectivity index (χ1v) is 4.61. The molecule has 1 heterocycles. The maximum absolute atomic E-state index is 12.6. The molecule has 0 atom stereocenters. The van der Waals surface area contributed by atoms with Crippen molar-refractivity contribution in [3.05, 3.63) is 41.5 Å². The van der Waals surface area contributed by atoms with Gasteiger partial charge in [0.2, 0.25) is 0 Å². The van der Waals surface area contributed by atoms with Crippen molar-refractivity contribution in [3.63, 3.8) is 0 Å². The number of H-pyrrole nitrogens is 1. The van der Waals surface area contributed by atoms with E-state index in [1.54, 1.807) is 6.92 Å². The van der Waals surface area contributed by atoms with Crippen LogP contribution in [-0.4, -0.2) is 21.3 Å². The van der Waals surface area contributed by atoms with Gasteiger partial charge in [-0.3, -0.25) is 4.79 Å². The van der Waals surface area contributed by atoms with Crippen LogP contribution in [0.1, 0.15) is 16.2 Å². The van der Waals surface area contributed by atoms with E-state index < -0.39 is 0 Å². The minimum Gasteiger partial charge on any atom is -0.321 e. The Balaban J connectivity index is 2.14. The van der Waals surface area contributed by atoms with Crippen molar-refractivity contribution in [1.29, 1.82) is 0 Å². The Morgan fingerprint density at radius 3 is 2.56 bits per heavy atom. The van der Waals surface area contributed by atoms with Crippen LogP contribution in [0.25, 0.3) is 0 Å². The zero-order valence-electron chi connectivity index (χ0n) is 8.49. The van der Waals surface area contributed by atoms with Crippen LogP contribution in [-0.2, 0) is 0 Å². The van der Waals surface area contributed by atoms with Crippen molar-refractivity contribution in [2.75, 3.05) is 5.32 Å². The van der Waals surface area contributed by atoms with Gasteiger partial charge in [0.25, 0.3) is 5.91 Å². The normalized spacial score (nSPS) is 10.1. The first-order valence-electron chi connectivity index (χ1n) is 4.61. The van der Waals surface area contributed by atoms with Gasteiger partial charge in [-0.05, 0) is 31.2 Å². The summed E-state index contributed by atoms with van der Waals surface area (Å²) >= 11 is 0. The number of rotatable bonds is 2. The smallest absolute Gasteiger partial charge is 0.278 e. The molecule has 1 aromatic carbocycles. The average molecular weight is 220 g/mol. The monoisotopic (exact) mass is 220 g/mol. The summed E-state index contributed by atoms with van der Waals surface area (Å²) in [5, 5.41) is 12.4. The van der Waals surface area contributed by atoms with Crippen molar-refractivity contribution in [1.82, 2.24) is 15.4 Å². The van der Waals surface area contributed by atoms with E-state index in [1.807, 2.05) is 0 Å². The summed E-state index contributed by atoms with van der Waals surface area (Å²) in [5.41, 5.74) is 1.25. The molecule has 0 saturated carbocycles. The molecule has 6 heteroatoms. The molecule has 0 aliphatic heterocycles. The lowest BCUT2D eigenvalue weighted by Gasteiger charge is -2.02. The van der Waals surface area contributed by atoms with Gasteiger partial charge in [-0.2, -0.15) is 15.4 Å². The van der Waals surface area contributed by atoms with Crippen LogP contribution < -0.4 is 5.32 Å². The molecule has 0 aliphatic carbocycles. The van der Waals surface area contributed by atoms with Crippen molar-refractivity contribution < 1.29 is 9.18 Å². The molecule has 5 nitrogen and oxygen atoms in total. The lowest BCUT2D eigenvalue weighted by atomic mass is 10.3. The summed E-state index contributed by atoms with van der Waals surface area (Å²) in [5.74, 6) is -0.728. The van der Waals surface area contributed by atoms with E-state index in [4.69, 9.17) is 0 Å². The Labute approximate surface area is 90.7 Å². The third-order valence-corrected chi connectivity index (χ3v) is 2.04. The molecule has 0 radical (unpaired) electrons. The van der Waals surface area contributed by atoms with Crippen molar-refractivity contribution in [2.45, 2.75) is 6.92 Å². The van der Waals surface area contributed by atoms with Crippen LogP contribution in [0.3, 0.4) is 0 Å². The summed E-state index contributed by atoms with van der Waals surface area (Å²) in [4.78, 5) is 11.7. The standard InChI is InChI=1S/C10H9FN4O/c1-6-9(14-15-13-6)10(16)12-8-4-2-7(11)3-5-8/h2-5H,1H3,(H,12,16)(H,13,14,15). The van der Waals surface area contributed by atoms with Gasteiger partial charge in [0.1, 0.15) is 5.82 Å². The molecular weight excluding hydrogens is 211 g/mol. The summed E-state index contributed by atoms with van der Waals surface area (Å²) in [6.45, 7) is 1.67. The van der Waals surface area contributed by atoms with Crippen LogP contribution in [0.2, 0.25) is 0 Å². The third kappa shape index (κ3) is 2.05. The highest BCUT2D eigenvalue weighted by Crippen LogP contribution is 2.10.